The molecule has 0 aliphatic heterocycles. The van der Waals surface area contributed by atoms with Crippen molar-refractivity contribution in [2.24, 2.45) is 0 Å². The Bertz CT molecular complexity index is 651. The van der Waals surface area contributed by atoms with Gasteiger partial charge in [-0.25, -0.2) is 9.78 Å². The molecule has 112 valence electrons. The lowest BCUT2D eigenvalue weighted by atomic mass is 9.97. The SMILES string of the molecule is CCC(O)(CC)CNc1cc(C(=O)O)nc2ccccc12. The minimum absolute atomic E-state index is 0.00673. The number of nitrogens with one attached hydrogen (secondary N) is 1. The average Bonchev–Trinajstić information content (AvgIpc) is 2.51. The number of hydrogen-bond acceptors (Lipinski definition) is 4. The third kappa shape index (κ3) is 3.31. The van der Waals surface area contributed by atoms with Crippen molar-refractivity contribution in [1.29, 1.82) is 0 Å². The Hall–Kier alpha value is -2.14. The molecule has 0 saturated heterocycles. The van der Waals surface area contributed by atoms with E-state index in [1.165, 1.54) is 6.07 Å². The first kappa shape index (κ1) is 15.3. The number of fused-ring (bicyclic) bond motifs is 1. The molecule has 0 radical (unpaired) electrons. The number of carbonyl (C=O) groups is 1. The van der Waals surface area contributed by atoms with Gasteiger partial charge in [-0.1, -0.05) is 32.0 Å². The second kappa shape index (κ2) is 6.10. The van der Waals surface area contributed by atoms with Crippen LogP contribution in [0.2, 0.25) is 0 Å². The fourth-order valence-electron chi connectivity index (χ4n) is 2.19. The lowest BCUT2D eigenvalue weighted by Crippen LogP contribution is -2.35. The van der Waals surface area contributed by atoms with Gasteiger partial charge in [0.05, 0.1) is 11.1 Å². The van der Waals surface area contributed by atoms with Crippen molar-refractivity contribution in [3.05, 3.63) is 36.0 Å². The predicted molar refractivity (Wildman–Crippen MR) is 82.7 cm³/mol. The molecule has 5 heteroatoms. The van der Waals surface area contributed by atoms with Gasteiger partial charge in [-0.15, -0.1) is 0 Å². The number of pyridine rings is 1. The number of rotatable bonds is 6. The summed E-state index contributed by atoms with van der Waals surface area (Å²) in [6.45, 7) is 4.23. The Kier molecular flexibility index (Phi) is 4.43. The Morgan fingerprint density at radius 1 is 1.29 bits per heavy atom. The first-order valence-corrected chi connectivity index (χ1v) is 7.08. The van der Waals surface area contributed by atoms with Crippen LogP contribution >= 0.6 is 0 Å². The van der Waals surface area contributed by atoms with Gasteiger partial charge in [-0.2, -0.15) is 0 Å². The Morgan fingerprint density at radius 2 is 1.95 bits per heavy atom. The third-order valence-corrected chi connectivity index (χ3v) is 3.86. The molecule has 21 heavy (non-hydrogen) atoms. The van der Waals surface area contributed by atoms with E-state index in [0.717, 1.165) is 5.39 Å². The number of aliphatic hydroxyl groups is 1. The quantitative estimate of drug-likeness (QED) is 0.761. The Morgan fingerprint density at radius 3 is 2.57 bits per heavy atom. The van der Waals surface area contributed by atoms with Gasteiger partial charge >= 0.3 is 5.97 Å². The summed E-state index contributed by atoms with van der Waals surface area (Å²) >= 11 is 0. The monoisotopic (exact) mass is 288 g/mol. The van der Waals surface area contributed by atoms with E-state index in [4.69, 9.17) is 5.11 Å². The molecular formula is C16H20N2O3. The molecule has 0 bridgehead atoms. The maximum absolute atomic E-state index is 11.2. The summed E-state index contributed by atoms with van der Waals surface area (Å²) in [4.78, 5) is 15.3. The van der Waals surface area contributed by atoms with E-state index in [1.54, 1.807) is 6.07 Å². The standard InChI is InChI=1S/C16H20N2O3/c1-3-16(21,4-2)10-17-13-9-14(15(19)20)18-12-8-6-5-7-11(12)13/h5-9,21H,3-4,10H2,1-2H3,(H,17,18)(H,19,20). The maximum atomic E-state index is 11.2. The van der Waals surface area contributed by atoms with Gasteiger partial charge < -0.3 is 15.5 Å². The van der Waals surface area contributed by atoms with Crippen molar-refractivity contribution in [3.8, 4) is 0 Å². The van der Waals surface area contributed by atoms with Gasteiger partial charge in [0, 0.05) is 17.6 Å². The summed E-state index contributed by atoms with van der Waals surface area (Å²) < 4.78 is 0. The molecular weight excluding hydrogens is 268 g/mol. The summed E-state index contributed by atoms with van der Waals surface area (Å²) in [6, 6.07) is 8.86. The molecule has 3 N–H and O–H groups in total. The number of para-hydroxylation sites is 1. The van der Waals surface area contributed by atoms with Crippen LogP contribution in [0, 0.1) is 0 Å². The molecule has 0 aliphatic rings. The molecule has 0 fully saturated rings. The fourth-order valence-corrected chi connectivity index (χ4v) is 2.19. The number of aromatic carboxylic acids is 1. The van der Waals surface area contributed by atoms with Crippen LogP contribution in [0.5, 0.6) is 0 Å². The smallest absolute Gasteiger partial charge is 0.354 e. The molecule has 0 amide bonds. The minimum atomic E-state index is -1.06. The summed E-state index contributed by atoms with van der Waals surface area (Å²) in [7, 11) is 0. The van der Waals surface area contributed by atoms with Crippen molar-refractivity contribution < 1.29 is 15.0 Å². The normalized spacial score (nSPS) is 11.6. The van der Waals surface area contributed by atoms with Crippen LogP contribution in [0.1, 0.15) is 37.2 Å². The number of carboxylic acids is 1. The van der Waals surface area contributed by atoms with Gasteiger partial charge in [-0.05, 0) is 25.0 Å². The van der Waals surface area contributed by atoms with Crippen molar-refractivity contribution in [2.45, 2.75) is 32.3 Å². The zero-order valence-electron chi connectivity index (χ0n) is 12.3. The first-order chi connectivity index (χ1) is 9.99. The predicted octanol–water partition coefficient (Wildman–Crippen LogP) is 2.90. The number of anilines is 1. The van der Waals surface area contributed by atoms with Gasteiger partial charge in [-0.3, -0.25) is 0 Å². The molecule has 1 aromatic carbocycles. The van der Waals surface area contributed by atoms with E-state index >= 15 is 0 Å². The number of hydrogen-bond donors (Lipinski definition) is 3. The molecule has 0 aliphatic carbocycles. The van der Waals surface area contributed by atoms with Crippen LogP contribution in [-0.2, 0) is 0 Å². The summed E-state index contributed by atoms with van der Waals surface area (Å²) in [5.74, 6) is -1.06. The van der Waals surface area contributed by atoms with Crippen molar-refractivity contribution in [3.63, 3.8) is 0 Å². The van der Waals surface area contributed by atoms with Gasteiger partial charge in [0.15, 0.2) is 5.69 Å². The lowest BCUT2D eigenvalue weighted by molar-refractivity contribution is 0.0457. The van der Waals surface area contributed by atoms with Crippen LogP contribution in [0.25, 0.3) is 10.9 Å². The van der Waals surface area contributed by atoms with Crippen LogP contribution < -0.4 is 5.32 Å². The Balaban J connectivity index is 2.40. The molecule has 0 spiro atoms. The summed E-state index contributed by atoms with van der Waals surface area (Å²) in [6.07, 6.45) is 1.26. The highest BCUT2D eigenvalue weighted by molar-refractivity contribution is 5.97. The van der Waals surface area contributed by atoms with Crippen molar-refractivity contribution in [2.75, 3.05) is 11.9 Å². The number of aromatic nitrogens is 1. The molecule has 0 saturated carbocycles. The second-order valence-electron chi connectivity index (χ2n) is 5.16. The maximum Gasteiger partial charge on any atom is 0.354 e. The van der Waals surface area contributed by atoms with Gasteiger partial charge in [0.25, 0.3) is 0 Å². The second-order valence-corrected chi connectivity index (χ2v) is 5.16. The first-order valence-electron chi connectivity index (χ1n) is 7.08. The third-order valence-electron chi connectivity index (χ3n) is 3.86. The number of nitrogens with zero attached hydrogens (tertiary/aromatic N) is 1. The molecule has 2 aromatic rings. The highest BCUT2D eigenvalue weighted by Gasteiger charge is 2.22. The van der Waals surface area contributed by atoms with E-state index in [1.807, 2.05) is 32.0 Å². The van der Waals surface area contributed by atoms with Crippen molar-refractivity contribution >= 4 is 22.6 Å². The minimum Gasteiger partial charge on any atom is -0.477 e. The summed E-state index contributed by atoms with van der Waals surface area (Å²) in [5.41, 5.74) is 0.496. The molecule has 1 aromatic heterocycles. The molecule has 0 unspecified atom stereocenters. The van der Waals surface area contributed by atoms with E-state index in [2.05, 4.69) is 10.3 Å². The van der Waals surface area contributed by atoms with Crippen LogP contribution in [0.15, 0.2) is 30.3 Å². The van der Waals surface area contributed by atoms with Crippen LogP contribution in [-0.4, -0.2) is 33.3 Å². The van der Waals surface area contributed by atoms with Gasteiger partial charge in [0.2, 0.25) is 0 Å². The van der Waals surface area contributed by atoms with Crippen LogP contribution in [0.3, 0.4) is 0 Å². The summed E-state index contributed by atoms with van der Waals surface area (Å²) in [5, 5.41) is 23.5. The fraction of sp³-hybridized carbons (Fsp3) is 0.375. The Labute approximate surface area is 123 Å². The number of benzene rings is 1. The van der Waals surface area contributed by atoms with Gasteiger partial charge in [0.1, 0.15) is 0 Å². The average molecular weight is 288 g/mol. The zero-order valence-corrected chi connectivity index (χ0v) is 12.3. The van der Waals surface area contributed by atoms with E-state index in [-0.39, 0.29) is 5.69 Å². The topological polar surface area (TPSA) is 82.5 Å². The van der Waals surface area contributed by atoms with Crippen molar-refractivity contribution in [1.82, 2.24) is 4.98 Å². The lowest BCUT2D eigenvalue weighted by Gasteiger charge is -2.26. The van der Waals surface area contributed by atoms with Crippen LogP contribution in [0.4, 0.5) is 5.69 Å². The number of carboxylic acid groups (broad SMARTS) is 1. The van der Waals surface area contributed by atoms with E-state index in [0.29, 0.717) is 30.6 Å². The molecule has 2 rings (SSSR count). The molecule has 5 nitrogen and oxygen atoms in total. The highest BCUT2D eigenvalue weighted by atomic mass is 16.4. The molecule has 0 atom stereocenters. The zero-order chi connectivity index (χ0) is 15.5. The highest BCUT2D eigenvalue weighted by Crippen LogP contribution is 2.25. The largest absolute Gasteiger partial charge is 0.477 e. The van der Waals surface area contributed by atoms with E-state index < -0.39 is 11.6 Å². The molecule has 1 heterocycles. The van der Waals surface area contributed by atoms with E-state index in [9.17, 15) is 9.90 Å².